The van der Waals surface area contributed by atoms with Crippen molar-refractivity contribution in [2.24, 2.45) is 0 Å². The first-order valence-electron chi connectivity index (χ1n) is 4.06. The predicted molar refractivity (Wildman–Crippen MR) is 47.7 cm³/mol. The highest BCUT2D eigenvalue weighted by Crippen LogP contribution is 2.23. The molecule has 0 aliphatic rings. The molecule has 1 amide bonds. The van der Waals surface area contributed by atoms with E-state index in [0.717, 1.165) is 21.1 Å². The molecule has 16 heavy (non-hydrogen) atoms. The van der Waals surface area contributed by atoms with E-state index in [1.807, 2.05) is 0 Å². The standard InChI is InChI=1S/C8H11F3N2O3/c1-5(14)13(2)12-6(8(9,10)11)4-7(15)16-3/h4,12H,1-3H3/b6-4+. The second kappa shape index (κ2) is 5.38. The van der Waals surface area contributed by atoms with Crippen LogP contribution in [-0.2, 0) is 14.3 Å². The van der Waals surface area contributed by atoms with Gasteiger partial charge in [0.05, 0.1) is 13.2 Å². The number of carbonyl (C=O) groups is 2. The lowest BCUT2D eigenvalue weighted by molar-refractivity contribution is -0.138. The fourth-order valence-electron chi connectivity index (χ4n) is 0.614. The molecule has 0 unspecified atom stereocenters. The molecule has 5 nitrogen and oxygen atoms in total. The van der Waals surface area contributed by atoms with E-state index in [0.29, 0.717) is 5.01 Å². The summed E-state index contributed by atoms with van der Waals surface area (Å²) in [6.07, 6.45) is -4.56. The maximum Gasteiger partial charge on any atom is 0.432 e. The maximum atomic E-state index is 12.4. The summed E-state index contributed by atoms with van der Waals surface area (Å²) in [7, 11) is 2.04. The van der Waals surface area contributed by atoms with Crippen LogP contribution in [0.2, 0.25) is 0 Å². The van der Waals surface area contributed by atoms with Gasteiger partial charge in [-0.2, -0.15) is 13.2 Å². The molecule has 0 aromatic carbocycles. The first-order valence-corrected chi connectivity index (χ1v) is 4.06. The van der Waals surface area contributed by atoms with Gasteiger partial charge in [-0.3, -0.25) is 15.2 Å². The average molecular weight is 240 g/mol. The van der Waals surface area contributed by atoms with Gasteiger partial charge in [-0.25, -0.2) is 4.79 Å². The summed E-state index contributed by atoms with van der Waals surface area (Å²) in [6.45, 7) is 1.07. The minimum absolute atomic E-state index is 0.222. The monoisotopic (exact) mass is 240 g/mol. The predicted octanol–water partition coefficient (Wildman–Crippen LogP) is 0.589. The molecule has 0 aliphatic heterocycles. The number of hydrogen-bond acceptors (Lipinski definition) is 4. The van der Waals surface area contributed by atoms with Gasteiger partial charge < -0.3 is 4.74 Å². The van der Waals surface area contributed by atoms with Crippen LogP contribution in [0.4, 0.5) is 13.2 Å². The molecular formula is C8H11F3N2O3. The molecule has 0 spiro atoms. The number of alkyl halides is 3. The molecule has 0 heterocycles. The Morgan fingerprint density at radius 2 is 1.88 bits per heavy atom. The third kappa shape index (κ3) is 4.67. The molecular weight excluding hydrogens is 229 g/mol. The Bertz CT molecular complexity index is 312. The zero-order chi connectivity index (χ0) is 12.9. The zero-order valence-corrected chi connectivity index (χ0v) is 8.88. The first-order chi connectivity index (χ1) is 7.18. The smallest absolute Gasteiger partial charge is 0.432 e. The van der Waals surface area contributed by atoms with Crippen molar-refractivity contribution in [3.05, 3.63) is 11.8 Å². The quantitative estimate of drug-likeness (QED) is 0.445. The Kier molecular flexibility index (Phi) is 4.80. The van der Waals surface area contributed by atoms with Gasteiger partial charge in [-0.05, 0) is 0 Å². The highest BCUT2D eigenvalue weighted by atomic mass is 19.4. The molecule has 0 radical (unpaired) electrons. The maximum absolute atomic E-state index is 12.4. The summed E-state index contributed by atoms with van der Waals surface area (Å²) < 4.78 is 41.2. The van der Waals surface area contributed by atoms with Gasteiger partial charge in [0.25, 0.3) is 0 Å². The second-order valence-electron chi connectivity index (χ2n) is 2.77. The van der Waals surface area contributed by atoms with E-state index >= 15 is 0 Å². The van der Waals surface area contributed by atoms with Gasteiger partial charge >= 0.3 is 12.1 Å². The number of amides is 1. The molecule has 8 heteroatoms. The Labute approximate surface area is 89.8 Å². The molecule has 0 fully saturated rings. The normalized spacial score (nSPS) is 12.0. The number of allylic oxidation sites excluding steroid dienone is 1. The molecule has 92 valence electrons. The van der Waals surface area contributed by atoms with Gasteiger partial charge in [0.15, 0.2) is 0 Å². The molecule has 0 saturated carbocycles. The van der Waals surface area contributed by atoms with Gasteiger partial charge in [-0.1, -0.05) is 0 Å². The van der Waals surface area contributed by atoms with Crippen LogP contribution in [0.15, 0.2) is 11.8 Å². The van der Waals surface area contributed by atoms with Crippen molar-refractivity contribution in [1.29, 1.82) is 0 Å². The summed E-state index contributed by atoms with van der Waals surface area (Å²) in [5.41, 5.74) is 0.363. The summed E-state index contributed by atoms with van der Waals surface area (Å²) in [4.78, 5) is 21.4. The van der Waals surface area contributed by atoms with Crippen LogP contribution in [-0.4, -0.2) is 37.2 Å². The topological polar surface area (TPSA) is 58.6 Å². The summed E-state index contributed by atoms with van der Waals surface area (Å²) in [5, 5.41) is 0.599. The molecule has 0 bridgehead atoms. The number of nitrogens with zero attached hydrogens (tertiary/aromatic N) is 1. The molecule has 0 atom stereocenters. The van der Waals surface area contributed by atoms with Gasteiger partial charge in [-0.15, -0.1) is 0 Å². The number of carbonyl (C=O) groups excluding carboxylic acids is 2. The molecule has 0 aromatic heterocycles. The zero-order valence-electron chi connectivity index (χ0n) is 8.88. The van der Waals surface area contributed by atoms with Crippen LogP contribution in [0, 0.1) is 0 Å². The lowest BCUT2D eigenvalue weighted by Crippen LogP contribution is -2.42. The third-order valence-corrected chi connectivity index (χ3v) is 1.53. The molecule has 0 rings (SSSR count). The SMILES string of the molecule is COC(=O)/C=C(/NN(C)C(C)=O)C(F)(F)F. The Hall–Kier alpha value is -1.73. The van der Waals surface area contributed by atoms with Gasteiger partial charge in [0.1, 0.15) is 5.70 Å². The van der Waals surface area contributed by atoms with E-state index in [1.165, 1.54) is 0 Å². The van der Waals surface area contributed by atoms with Gasteiger partial charge in [0.2, 0.25) is 5.91 Å². The number of ether oxygens (including phenoxy) is 1. The molecule has 0 aliphatic carbocycles. The van der Waals surface area contributed by atoms with Crippen LogP contribution in [0.25, 0.3) is 0 Å². The van der Waals surface area contributed by atoms with Crippen molar-refractivity contribution >= 4 is 11.9 Å². The minimum Gasteiger partial charge on any atom is -0.466 e. The third-order valence-electron chi connectivity index (χ3n) is 1.53. The summed E-state index contributed by atoms with van der Waals surface area (Å²) >= 11 is 0. The van der Waals surface area contributed by atoms with Crippen LogP contribution in [0.1, 0.15) is 6.92 Å². The number of nitrogens with one attached hydrogen (secondary N) is 1. The Morgan fingerprint density at radius 1 is 1.38 bits per heavy atom. The van der Waals surface area contributed by atoms with Crippen molar-refractivity contribution in [2.75, 3.05) is 14.2 Å². The summed E-state index contributed by atoms with van der Waals surface area (Å²) in [5.74, 6) is -1.81. The van der Waals surface area contributed by atoms with E-state index in [9.17, 15) is 22.8 Å². The van der Waals surface area contributed by atoms with E-state index in [2.05, 4.69) is 4.74 Å². The van der Waals surface area contributed by atoms with Crippen LogP contribution in [0.3, 0.4) is 0 Å². The average Bonchev–Trinajstić information content (AvgIpc) is 2.14. The molecule has 0 aromatic rings. The summed E-state index contributed by atoms with van der Waals surface area (Å²) in [6, 6.07) is 0. The van der Waals surface area contributed by atoms with Crippen molar-refractivity contribution in [2.45, 2.75) is 13.1 Å². The Balaban J connectivity index is 4.91. The lowest BCUT2D eigenvalue weighted by atomic mass is 10.4. The van der Waals surface area contributed by atoms with Crippen LogP contribution in [0.5, 0.6) is 0 Å². The number of esters is 1. The van der Waals surface area contributed by atoms with E-state index in [-0.39, 0.29) is 6.08 Å². The number of rotatable bonds is 3. The van der Waals surface area contributed by atoms with E-state index in [1.54, 1.807) is 5.43 Å². The second-order valence-corrected chi connectivity index (χ2v) is 2.77. The minimum atomic E-state index is -4.78. The fraction of sp³-hybridized carbons (Fsp3) is 0.500. The molecule has 0 saturated heterocycles. The highest BCUT2D eigenvalue weighted by Gasteiger charge is 2.35. The number of hydrogen-bond donors (Lipinski definition) is 1. The van der Waals surface area contributed by atoms with Gasteiger partial charge in [0, 0.05) is 14.0 Å². The van der Waals surface area contributed by atoms with Crippen LogP contribution < -0.4 is 5.43 Å². The first kappa shape index (κ1) is 14.3. The van der Waals surface area contributed by atoms with E-state index in [4.69, 9.17) is 0 Å². The number of hydrazine groups is 1. The van der Waals surface area contributed by atoms with Crippen molar-refractivity contribution in [3.8, 4) is 0 Å². The van der Waals surface area contributed by atoms with Crippen molar-refractivity contribution < 1.29 is 27.5 Å². The Morgan fingerprint density at radius 3 is 2.19 bits per heavy atom. The van der Waals surface area contributed by atoms with Crippen LogP contribution >= 0.6 is 0 Å². The van der Waals surface area contributed by atoms with Crippen molar-refractivity contribution in [1.82, 2.24) is 10.4 Å². The number of methoxy groups -OCH3 is 1. The van der Waals surface area contributed by atoms with Crippen molar-refractivity contribution in [3.63, 3.8) is 0 Å². The van der Waals surface area contributed by atoms with E-state index < -0.39 is 23.7 Å². The lowest BCUT2D eigenvalue weighted by Gasteiger charge is -2.21. The largest absolute Gasteiger partial charge is 0.466 e. The number of halogens is 3. The fourth-order valence-corrected chi connectivity index (χ4v) is 0.614. The molecule has 1 N–H and O–H groups in total. The highest BCUT2D eigenvalue weighted by molar-refractivity contribution is 5.83.